The third-order valence-electron chi connectivity index (χ3n) is 4.60. The normalized spacial score (nSPS) is 13.4. The van der Waals surface area contributed by atoms with Crippen LogP contribution in [0.3, 0.4) is 0 Å². The Morgan fingerprint density at radius 3 is 2.69 bits per heavy atom. The predicted octanol–water partition coefficient (Wildman–Crippen LogP) is 3.56. The molecule has 1 aliphatic heterocycles. The molecule has 7 heteroatoms. The van der Waals surface area contributed by atoms with E-state index in [2.05, 4.69) is 6.92 Å². The van der Waals surface area contributed by atoms with Gasteiger partial charge in [-0.3, -0.25) is 10.0 Å². The van der Waals surface area contributed by atoms with Gasteiger partial charge < -0.3 is 10.6 Å². The van der Waals surface area contributed by atoms with E-state index in [1.54, 1.807) is 23.1 Å². The number of benzene rings is 1. The maximum atomic E-state index is 12.6. The van der Waals surface area contributed by atoms with Crippen LogP contribution in [-0.2, 0) is 19.4 Å². The van der Waals surface area contributed by atoms with Gasteiger partial charge in [0.1, 0.15) is 0 Å². The Labute approximate surface area is 156 Å². The minimum absolute atomic E-state index is 0.417. The molecule has 0 saturated carbocycles. The fourth-order valence-electron chi connectivity index (χ4n) is 3.02. The summed E-state index contributed by atoms with van der Waals surface area (Å²) in [5.74, 6) is -0.462. The number of thiophene rings is 1. The first kappa shape index (κ1) is 18.4. The van der Waals surface area contributed by atoms with Crippen molar-refractivity contribution in [3.8, 4) is 0 Å². The quantitative estimate of drug-likeness (QED) is 0.620. The van der Waals surface area contributed by atoms with Crippen LogP contribution < -0.4 is 10.8 Å². The smallest absolute Gasteiger partial charge is 0.315 e. The monoisotopic (exact) mass is 373 g/mol. The first-order valence-corrected chi connectivity index (χ1v) is 9.59. The minimum atomic E-state index is -0.462. The lowest BCUT2D eigenvalue weighted by atomic mass is 10.1. The summed E-state index contributed by atoms with van der Waals surface area (Å²) < 4.78 is 0. The summed E-state index contributed by atoms with van der Waals surface area (Å²) in [6, 6.07) is 8.73. The number of hydrogen-bond acceptors (Lipinski definition) is 4. The molecule has 1 aromatic carbocycles. The van der Waals surface area contributed by atoms with E-state index in [1.807, 2.05) is 12.1 Å². The zero-order chi connectivity index (χ0) is 18.7. The molecule has 26 heavy (non-hydrogen) atoms. The molecule has 138 valence electrons. The van der Waals surface area contributed by atoms with E-state index in [-0.39, 0.29) is 0 Å². The van der Waals surface area contributed by atoms with Crippen molar-refractivity contribution in [2.24, 2.45) is 5.73 Å². The third kappa shape index (κ3) is 3.89. The number of hydrogen-bond donors (Lipinski definition) is 2. The SMILES string of the molecule is CCCCc1ccc(N(O)C(=O)c2cc3c(s2)CN(C(N)=O)CC3)cc1. The van der Waals surface area contributed by atoms with E-state index in [0.29, 0.717) is 35.1 Å². The minimum Gasteiger partial charge on any atom is -0.351 e. The number of hydroxylamine groups is 1. The Balaban J connectivity index is 1.72. The highest BCUT2D eigenvalue weighted by Crippen LogP contribution is 2.29. The molecule has 0 saturated heterocycles. The molecule has 0 spiro atoms. The molecular formula is C19H23N3O3S. The lowest BCUT2D eigenvalue weighted by Crippen LogP contribution is -2.38. The van der Waals surface area contributed by atoms with Crippen LogP contribution in [0.25, 0.3) is 0 Å². The number of rotatable bonds is 5. The van der Waals surface area contributed by atoms with Gasteiger partial charge in [0.15, 0.2) is 0 Å². The number of primary amides is 1. The summed E-state index contributed by atoms with van der Waals surface area (Å²) in [5.41, 5.74) is 8.01. The highest BCUT2D eigenvalue weighted by atomic mass is 32.1. The van der Waals surface area contributed by atoms with Crippen LogP contribution >= 0.6 is 11.3 Å². The first-order chi connectivity index (χ1) is 12.5. The largest absolute Gasteiger partial charge is 0.351 e. The van der Waals surface area contributed by atoms with Crippen molar-refractivity contribution < 1.29 is 14.8 Å². The second-order valence-corrected chi connectivity index (χ2v) is 7.59. The van der Waals surface area contributed by atoms with Crippen LogP contribution in [0.15, 0.2) is 30.3 Å². The van der Waals surface area contributed by atoms with Gasteiger partial charge in [-0.2, -0.15) is 5.06 Å². The van der Waals surface area contributed by atoms with Crippen LogP contribution in [0.2, 0.25) is 0 Å². The molecule has 3 N–H and O–H groups in total. The van der Waals surface area contributed by atoms with Gasteiger partial charge in [-0.05, 0) is 48.6 Å². The number of urea groups is 1. The summed E-state index contributed by atoms with van der Waals surface area (Å²) in [6.07, 6.45) is 3.90. The summed E-state index contributed by atoms with van der Waals surface area (Å²) in [6.45, 7) is 3.11. The summed E-state index contributed by atoms with van der Waals surface area (Å²) in [4.78, 5) is 26.9. The molecule has 6 nitrogen and oxygen atoms in total. The maximum absolute atomic E-state index is 12.6. The van der Waals surface area contributed by atoms with Crippen molar-refractivity contribution in [1.82, 2.24) is 4.90 Å². The first-order valence-electron chi connectivity index (χ1n) is 8.77. The van der Waals surface area contributed by atoms with E-state index in [4.69, 9.17) is 5.73 Å². The van der Waals surface area contributed by atoms with E-state index in [9.17, 15) is 14.8 Å². The van der Waals surface area contributed by atoms with Gasteiger partial charge in [0.25, 0.3) is 5.91 Å². The Kier molecular flexibility index (Phi) is 5.58. The molecule has 1 aliphatic rings. The van der Waals surface area contributed by atoms with Gasteiger partial charge in [-0.15, -0.1) is 11.3 Å². The highest BCUT2D eigenvalue weighted by Gasteiger charge is 2.25. The van der Waals surface area contributed by atoms with E-state index < -0.39 is 11.9 Å². The molecule has 2 heterocycles. The molecule has 0 unspecified atom stereocenters. The van der Waals surface area contributed by atoms with Gasteiger partial charge in [0.05, 0.1) is 17.1 Å². The second kappa shape index (κ2) is 7.88. The van der Waals surface area contributed by atoms with Crippen molar-refractivity contribution in [2.45, 2.75) is 39.2 Å². The van der Waals surface area contributed by atoms with Crippen LogP contribution in [0.1, 0.15) is 45.4 Å². The van der Waals surface area contributed by atoms with Gasteiger partial charge in [-0.25, -0.2) is 4.79 Å². The van der Waals surface area contributed by atoms with Gasteiger partial charge in [-0.1, -0.05) is 25.5 Å². The van der Waals surface area contributed by atoms with E-state index in [1.165, 1.54) is 16.9 Å². The zero-order valence-corrected chi connectivity index (χ0v) is 15.6. The maximum Gasteiger partial charge on any atom is 0.315 e. The van der Waals surface area contributed by atoms with Gasteiger partial charge in [0.2, 0.25) is 0 Å². The van der Waals surface area contributed by atoms with Crippen LogP contribution in [-0.4, -0.2) is 28.6 Å². The average Bonchev–Trinajstić information content (AvgIpc) is 3.08. The average molecular weight is 373 g/mol. The van der Waals surface area contributed by atoms with Crippen molar-refractivity contribution in [1.29, 1.82) is 0 Å². The lowest BCUT2D eigenvalue weighted by molar-refractivity contribution is 0.0859. The number of fused-ring (bicyclic) bond motifs is 1. The van der Waals surface area contributed by atoms with Crippen molar-refractivity contribution in [3.05, 3.63) is 51.2 Å². The van der Waals surface area contributed by atoms with Gasteiger partial charge >= 0.3 is 6.03 Å². The van der Waals surface area contributed by atoms with Crippen molar-refractivity contribution >= 4 is 29.0 Å². The third-order valence-corrected chi connectivity index (χ3v) is 5.75. The number of anilines is 1. The summed E-state index contributed by atoms with van der Waals surface area (Å²) in [7, 11) is 0. The zero-order valence-electron chi connectivity index (χ0n) is 14.8. The van der Waals surface area contributed by atoms with Crippen LogP contribution in [0, 0.1) is 0 Å². The van der Waals surface area contributed by atoms with E-state index in [0.717, 1.165) is 29.7 Å². The Hall–Kier alpha value is -2.38. The van der Waals surface area contributed by atoms with E-state index >= 15 is 0 Å². The highest BCUT2D eigenvalue weighted by molar-refractivity contribution is 7.14. The van der Waals surface area contributed by atoms with Crippen LogP contribution in [0.5, 0.6) is 0 Å². The molecule has 1 aromatic heterocycles. The molecule has 0 aliphatic carbocycles. The summed E-state index contributed by atoms with van der Waals surface area (Å²) >= 11 is 1.30. The molecule has 3 rings (SSSR count). The topological polar surface area (TPSA) is 86.9 Å². The fraction of sp³-hybridized carbons (Fsp3) is 0.368. The number of nitrogens with zero attached hydrogens (tertiary/aromatic N) is 2. The number of aryl methyl sites for hydroxylation is 1. The Morgan fingerprint density at radius 1 is 1.31 bits per heavy atom. The molecular weight excluding hydrogens is 350 g/mol. The number of carbonyl (C=O) groups is 2. The number of amides is 3. The van der Waals surface area contributed by atoms with Crippen LogP contribution in [0.4, 0.5) is 10.5 Å². The number of unbranched alkanes of at least 4 members (excludes halogenated alkanes) is 1. The van der Waals surface area contributed by atoms with Gasteiger partial charge in [0, 0.05) is 11.4 Å². The fourth-order valence-corrected chi connectivity index (χ4v) is 4.17. The number of nitrogens with two attached hydrogens (primary N) is 1. The molecule has 3 amide bonds. The molecule has 0 atom stereocenters. The predicted molar refractivity (Wildman–Crippen MR) is 102 cm³/mol. The number of carbonyl (C=O) groups excluding carboxylic acids is 2. The molecule has 0 bridgehead atoms. The standard InChI is InChI=1S/C19H23N3O3S/c1-2-3-4-13-5-7-15(8-6-13)22(25)18(23)16-11-14-9-10-21(19(20)24)12-17(14)26-16/h5-8,11,25H,2-4,9-10,12H2,1H3,(H2,20,24). The van der Waals surface area contributed by atoms with Crippen molar-refractivity contribution in [2.75, 3.05) is 11.6 Å². The second-order valence-electron chi connectivity index (χ2n) is 6.46. The molecule has 0 radical (unpaired) electrons. The van der Waals surface area contributed by atoms with Crippen molar-refractivity contribution in [3.63, 3.8) is 0 Å². The lowest BCUT2D eigenvalue weighted by Gasteiger charge is -2.24. The Bertz CT molecular complexity index is 801. The summed E-state index contributed by atoms with van der Waals surface area (Å²) in [5, 5.41) is 11.0. The molecule has 2 aromatic rings. The Morgan fingerprint density at radius 2 is 2.04 bits per heavy atom. The molecule has 0 fully saturated rings.